The number of hydrogen-bond donors (Lipinski definition) is 2. The first-order valence-electron chi connectivity index (χ1n) is 6.46. The molecule has 0 atom stereocenters. The predicted octanol–water partition coefficient (Wildman–Crippen LogP) is 2.20. The van der Waals surface area contributed by atoms with Gasteiger partial charge in [0.25, 0.3) is 5.91 Å². The largest absolute Gasteiger partial charge is 0.480 e. The van der Waals surface area contributed by atoms with Gasteiger partial charge in [-0.15, -0.1) is 0 Å². The third-order valence-corrected chi connectivity index (χ3v) is 3.23. The van der Waals surface area contributed by atoms with Crippen LogP contribution in [0.4, 0.5) is 0 Å². The molecule has 0 fully saturated rings. The van der Waals surface area contributed by atoms with E-state index in [2.05, 4.69) is 5.32 Å². The van der Waals surface area contributed by atoms with Crippen LogP contribution in [-0.4, -0.2) is 28.1 Å². The number of carbonyl (C=O) groups excluding carboxylic acids is 1. The first-order valence-corrected chi connectivity index (χ1v) is 6.83. The van der Waals surface area contributed by atoms with E-state index in [1.807, 2.05) is 12.1 Å². The molecule has 1 aromatic carbocycles. The minimum Gasteiger partial charge on any atom is -0.480 e. The monoisotopic (exact) mass is 306 g/mol. The normalized spacial score (nSPS) is 10.3. The molecule has 0 aliphatic carbocycles. The van der Waals surface area contributed by atoms with Crippen LogP contribution in [0.15, 0.2) is 42.6 Å². The maximum absolute atomic E-state index is 12.0. The molecule has 1 aromatic heterocycles. The molecule has 0 saturated heterocycles. The van der Waals surface area contributed by atoms with E-state index in [1.54, 1.807) is 30.5 Å². The van der Waals surface area contributed by atoms with Gasteiger partial charge in [-0.3, -0.25) is 9.59 Å². The Bertz CT molecular complexity index is 635. The molecular weight excluding hydrogens is 292 g/mol. The van der Waals surface area contributed by atoms with Crippen molar-refractivity contribution in [2.45, 2.75) is 13.0 Å². The van der Waals surface area contributed by atoms with Crippen molar-refractivity contribution in [1.82, 2.24) is 9.88 Å². The van der Waals surface area contributed by atoms with Crippen LogP contribution in [0.2, 0.25) is 5.02 Å². The number of amides is 1. The molecule has 2 N–H and O–H groups in total. The SMILES string of the molecule is O=C(O)Cn1cccc1C(=O)NCCc1ccc(Cl)cc1. The quantitative estimate of drug-likeness (QED) is 0.859. The van der Waals surface area contributed by atoms with Crippen LogP contribution in [0.5, 0.6) is 0 Å². The lowest BCUT2D eigenvalue weighted by molar-refractivity contribution is -0.137. The molecule has 6 heteroatoms. The molecule has 0 bridgehead atoms. The second kappa shape index (κ2) is 6.95. The fourth-order valence-electron chi connectivity index (χ4n) is 1.97. The summed E-state index contributed by atoms with van der Waals surface area (Å²) in [5.74, 6) is -1.27. The molecule has 0 radical (unpaired) electrons. The molecule has 21 heavy (non-hydrogen) atoms. The zero-order chi connectivity index (χ0) is 15.2. The highest BCUT2D eigenvalue weighted by atomic mass is 35.5. The molecule has 0 aliphatic rings. The number of hydrogen-bond acceptors (Lipinski definition) is 2. The minimum absolute atomic E-state index is 0.229. The molecule has 0 aliphatic heterocycles. The summed E-state index contributed by atoms with van der Waals surface area (Å²) in [7, 11) is 0. The molecule has 0 unspecified atom stereocenters. The Hall–Kier alpha value is -2.27. The van der Waals surface area contributed by atoms with Crippen LogP contribution in [0.25, 0.3) is 0 Å². The minimum atomic E-state index is -0.985. The molecule has 0 spiro atoms. The summed E-state index contributed by atoms with van der Waals surface area (Å²) >= 11 is 5.80. The number of carbonyl (C=O) groups is 2. The zero-order valence-corrected chi connectivity index (χ0v) is 12.0. The van der Waals surface area contributed by atoms with Crippen molar-refractivity contribution in [2.24, 2.45) is 0 Å². The fourth-order valence-corrected chi connectivity index (χ4v) is 2.09. The van der Waals surface area contributed by atoms with Gasteiger partial charge in [0.2, 0.25) is 0 Å². The first kappa shape index (κ1) is 15.1. The number of nitrogens with one attached hydrogen (secondary N) is 1. The third kappa shape index (κ3) is 4.36. The summed E-state index contributed by atoms with van der Waals surface area (Å²) in [6, 6.07) is 10.7. The van der Waals surface area contributed by atoms with Gasteiger partial charge in [-0.25, -0.2) is 0 Å². The second-order valence-electron chi connectivity index (χ2n) is 4.55. The number of aliphatic carboxylic acids is 1. The summed E-state index contributed by atoms with van der Waals surface area (Å²) in [5.41, 5.74) is 1.41. The summed E-state index contributed by atoms with van der Waals surface area (Å²) in [4.78, 5) is 22.7. The van der Waals surface area contributed by atoms with Gasteiger partial charge in [-0.2, -0.15) is 0 Å². The average molecular weight is 307 g/mol. The van der Waals surface area contributed by atoms with E-state index >= 15 is 0 Å². The van der Waals surface area contributed by atoms with Gasteiger partial charge in [0.05, 0.1) is 0 Å². The Labute approximate surface area is 127 Å². The lowest BCUT2D eigenvalue weighted by Crippen LogP contribution is -2.28. The molecule has 0 saturated carbocycles. The van der Waals surface area contributed by atoms with Crippen LogP contribution in [0.1, 0.15) is 16.1 Å². The van der Waals surface area contributed by atoms with Crippen molar-refractivity contribution in [2.75, 3.05) is 6.54 Å². The molecule has 2 rings (SSSR count). The number of halogens is 1. The number of benzene rings is 1. The standard InChI is InChI=1S/C15H15ClN2O3/c16-12-5-3-11(4-6-12)7-8-17-15(21)13-2-1-9-18(13)10-14(19)20/h1-6,9H,7-8,10H2,(H,17,21)(H,19,20). The van der Waals surface area contributed by atoms with Crippen LogP contribution < -0.4 is 5.32 Å². The molecule has 2 aromatic rings. The van der Waals surface area contributed by atoms with E-state index in [-0.39, 0.29) is 12.5 Å². The Morgan fingerprint density at radius 1 is 1.19 bits per heavy atom. The zero-order valence-electron chi connectivity index (χ0n) is 11.3. The lowest BCUT2D eigenvalue weighted by Gasteiger charge is -2.08. The lowest BCUT2D eigenvalue weighted by atomic mass is 10.1. The van der Waals surface area contributed by atoms with E-state index in [0.29, 0.717) is 23.7 Å². The highest BCUT2D eigenvalue weighted by molar-refractivity contribution is 6.30. The maximum atomic E-state index is 12.0. The summed E-state index contributed by atoms with van der Waals surface area (Å²) in [6.45, 7) is 0.242. The number of carboxylic acids is 1. The second-order valence-corrected chi connectivity index (χ2v) is 4.98. The number of carboxylic acid groups (broad SMARTS) is 1. The topological polar surface area (TPSA) is 71.3 Å². The molecular formula is C15H15ClN2O3. The number of nitrogens with zero attached hydrogens (tertiary/aromatic N) is 1. The van der Waals surface area contributed by atoms with Crippen molar-refractivity contribution in [3.8, 4) is 0 Å². The molecule has 5 nitrogen and oxygen atoms in total. The Balaban J connectivity index is 1.88. The molecule has 110 valence electrons. The van der Waals surface area contributed by atoms with Crippen molar-refractivity contribution in [3.63, 3.8) is 0 Å². The third-order valence-electron chi connectivity index (χ3n) is 2.98. The van der Waals surface area contributed by atoms with Crippen molar-refractivity contribution < 1.29 is 14.7 Å². The van der Waals surface area contributed by atoms with E-state index < -0.39 is 5.97 Å². The van der Waals surface area contributed by atoms with Crippen molar-refractivity contribution in [1.29, 1.82) is 0 Å². The number of aromatic nitrogens is 1. The predicted molar refractivity (Wildman–Crippen MR) is 79.6 cm³/mol. The maximum Gasteiger partial charge on any atom is 0.323 e. The fraction of sp³-hybridized carbons (Fsp3) is 0.200. The van der Waals surface area contributed by atoms with Crippen LogP contribution >= 0.6 is 11.6 Å². The van der Waals surface area contributed by atoms with E-state index in [9.17, 15) is 9.59 Å². The molecule has 1 heterocycles. The Morgan fingerprint density at radius 3 is 2.57 bits per heavy atom. The van der Waals surface area contributed by atoms with Gasteiger partial charge in [0, 0.05) is 17.8 Å². The highest BCUT2D eigenvalue weighted by Crippen LogP contribution is 2.09. The van der Waals surface area contributed by atoms with E-state index in [4.69, 9.17) is 16.7 Å². The number of rotatable bonds is 6. The van der Waals surface area contributed by atoms with Gasteiger partial charge < -0.3 is 15.0 Å². The molecule has 1 amide bonds. The summed E-state index contributed by atoms with van der Waals surface area (Å²) in [6.07, 6.45) is 2.25. The van der Waals surface area contributed by atoms with Gasteiger partial charge in [-0.05, 0) is 36.2 Å². The summed E-state index contributed by atoms with van der Waals surface area (Å²) < 4.78 is 1.40. The average Bonchev–Trinajstić information content (AvgIpc) is 2.88. The van der Waals surface area contributed by atoms with Crippen LogP contribution in [0, 0.1) is 0 Å². The van der Waals surface area contributed by atoms with Gasteiger partial charge in [0.15, 0.2) is 0 Å². The van der Waals surface area contributed by atoms with Gasteiger partial charge >= 0.3 is 5.97 Å². The van der Waals surface area contributed by atoms with Gasteiger partial charge in [-0.1, -0.05) is 23.7 Å². The van der Waals surface area contributed by atoms with E-state index in [1.165, 1.54) is 4.57 Å². The van der Waals surface area contributed by atoms with Crippen molar-refractivity contribution >= 4 is 23.5 Å². The highest BCUT2D eigenvalue weighted by Gasteiger charge is 2.11. The van der Waals surface area contributed by atoms with Gasteiger partial charge in [0.1, 0.15) is 12.2 Å². The smallest absolute Gasteiger partial charge is 0.323 e. The van der Waals surface area contributed by atoms with Crippen LogP contribution in [0.3, 0.4) is 0 Å². The Kier molecular flexibility index (Phi) is 5.00. The Morgan fingerprint density at radius 2 is 1.90 bits per heavy atom. The van der Waals surface area contributed by atoms with E-state index in [0.717, 1.165) is 5.56 Å². The first-order chi connectivity index (χ1) is 10.1. The van der Waals surface area contributed by atoms with Crippen molar-refractivity contribution in [3.05, 3.63) is 58.9 Å². The summed E-state index contributed by atoms with van der Waals surface area (Å²) in [5, 5.41) is 12.2. The van der Waals surface area contributed by atoms with Crippen LogP contribution in [-0.2, 0) is 17.8 Å².